The van der Waals surface area contributed by atoms with E-state index in [-0.39, 0.29) is 5.91 Å². The van der Waals surface area contributed by atoms with Gasteiger partial charge in [-0.2, -0.15) is 0 Å². The Morgan fingerprint density at radius 1 is 1.42 bits per heavy atom. The lowest BCUT2D eigenvalue weighted by Crippen LogP contribution is -2.47. The van der Waals surface area contributed by atoms with Gasteiger partial charge in [-0.05, 0) is 34.1 Å². The fourth-order valence-corrected chi connectivity index (χ4v) is 1.22. The maximum absolute atomic E-state index is 11.8. The molecule has 0 radical (unpaired) electrons. The summed E-state index contributed by atoms with van der Waals surface area (Å²) in [6, 6.07) is -0.583. The monoisotopic (exact) mass is 268 g/mol. The molecule has 108 valence electrons. The second kappa shape index (κ2) is 7.67. The van der Waals surface area contributed by atoms with Crippen molar-refractivity contribution in [2.45, 2.75) is 52.2 Å². The largest absolute Gasteiger partial charge is 0.444 e. The van der Waals surface area contributed by atoms with Crippen LogP contribution in [0.2, 0.25) is 0 Å². The highest BCUT2D eigenvalue weighted by molar-refractivity contribution is 5.85. The number of nitrogens with one attached hydrogen (secondary N) is 1. The summed E-state index contributed by atoms with van der Waals surface area (Å²) in [7, 11) is 1.54. The molecule has 1 atom stereocenters. The molecule has 0 aliphatic heterocycles. The number of hydrogen-bond donors (Lipinski definition) is 1. The number of likely N-dealkylation sites (N-methyl/N-ethyl adjacent to an activating group) is 1. The molecule has 0 aliphatic rings. The quantitative estimate of drug-likeness (QED) is 0.610. The van der Waals surface area contributed by atoms with Gasteiger partial charge in [0, 0.05) is 20.0 Å². The van der Waals surface area contributed by atoms with Crippen LogP contribution in [0.15, 0.2) is 0 Å². The van der Waals surface area contributed by atoms with Crippen LogP contribution >= 0.6 is 0 Å². The molecule has 0 unspecified atom stereocenters. The van der Waals surface area contributed by atoms with Gasteiger partial charge in [0.15, 0.2) is 0 Å². The van der Waals surface area contributed by atoms with Gasteiger partial charge >= 0.3 is 6.09 Å². The number of amides is 2. The lowest BCUT2D eigenvalue weighted by atomic mass is 10.2. The molecule has 0 aliphatic carbocycles. The van der Waals surface area contributed by atoms with Crippen molar-refractivity contribution in [2.75, 3.05) is 13.6 Å². The Labute approximate surface area is 115 Å². The molecule has 2 amide bonds. The molecule has 5 nitrogen and oxygen atoms in total. The average molecular weight is 268 g/mol. The molecule has 0 aromatic rings. The van der Waals surface area contributed by atoms with Crippen LogP contribution in [0.1, 0.15) is 40.5 Å². The first-order chi connectivity index (χ1) is 8.69. The fourth-order valence-electron chi connectivity index (χ4n) is 1.22. The van der Waals surface area contributed by atoms with E-state index in [1.807, 2.05) is 0 Å². The minimum absolute atomic E-state index is 0.217. The third-order valence-corrected chi connectivity index (χ3v) is 2.44. The number of hydrogen-bond acceptors (Lipinski definition) is 3. The van der Waals surface area contributed by atoms with Crippen molar-refractivity contribution in [1.82, 2.24) is 10.2 Å². The van der Waals surface area contributed by atoms with E-state index >= 15 is 0 Å². The molecular formula is C14H24N2O3. The number of rotatable bonds is 5. The van der Waals surface area contributed by atoms with Crippen molar-refractivity contribution < 1.29 is 14.3 Å². The minimum Gasteiger partial charge on any atom is -0.444 e. The van der Waals surface area contributed by atoms with Gasteiger partial charge in [-0.25, -0.2) is 4.79 Å². The van der Waals surface area contributed by atoms with Crippen molar-refractivity contribution in [3.63, 3.8) is 0 Å². The number of carbonyl (C=O) groups excluding carboxylic acids is 2. The normalized spacial score (nSPS) is 12.2. The Hall–Kier alpha value is -1.70. The van der Waals surface area contributed by atoms with Gasteiger partial charge in [-0.3, -0.25) is 9.69 Å². The number of terminal acetylenes is 1. The third kappa shape index (κ3) is 7.35. The van der Waals surface area contributed by atoms with E-state index in [1.165, 1.54) is 4.90 Å². The minimum atomic E-state index is -0.583. The van der Waals surface area contributed by atoms with E-state index in [4.69, 9.17) is 11.2 Å². The lowest BCUT2D eigenvalue weighted by Gasteiger charge is -2.28. The molecule has 0 aromatic heterocycles. The summed E-state index contributed by atoms with van der Waals surface area (Å²) in [4.78, 5) is 24.9. The van der Waals surface area contributed by atoms with Gasteiger partial charge in [0.25, 0.3) is 0 Å². The molecule has 1 N–H and O–H groups in total. The van der Waals surface area contributed by atoms with Gasteiger partial charge in [0.05, 0.1) is 0 Å². The van der Waals surface area contributed by atoms with Crippen LogP contribution in [0.4, 0.5) is 4.79 Å². The van der Waals surface area contributed by atoms with Crippen LogP contribution in [-0.2, 0) is 9.53 Å². The zero-order valence-corrected chi connectivity index (χ0v) is 12.4. The van der Waals surface area contributed by atoms with E-state index in [0.29, 0.717) is 13.0 Å². The first-order valence-electron chi connectivity index (χ1n) is 6.36. The topological polar surface area (TPSA) is 58.6 Å². The molecule has 0 bridgehead atoms. The second-order valence-electron chi connectivity index (χ2n) is 5.37. The summed E-state index contributed by atoms with van der Waals surface area (Å²) in [5.74, 6) is 2.28. The van der Waals surface area contributed by atoms with E-state index < -0.39 is 17.7 Å². The van der Waals surface area contributed by atoms with Crippen LogP contribution in [0.25, 0.3) is 0 Å². The molecule has 0 rings (SSSR count). The van der Waals surface area contributed by atoms with Gasteiger partial charge in [-0.15, -0.1) is 12.3 Å². The van der Waals surface area contributed by atoms with E-state index in [1.54, 1.807) is 34.7 Å². The van der Waals surface area contributed by atoms with E-state index in [9.17, 15) is 9.59 Å². The van der Waals surface area contributed by atoms with Crippen LogP contribution in [-0.4, -0.2) is 42.1 Å². The van der Waals surface area contributed by atoms with Crippen molar-refractivity contribution >= 4 is 12.0 Å². The van der Waals surface area contributed by atoms with Crippen LogP contribution < -0.4 is 5.32 Å². The van der Waals surface area contributed by atoms with E-state index in [0.717, 1.165) is 6.42 Å². The molecular weight excluding hydrogens is 244 g/mol. The number of carbonyl (C=O) groups is 2. The maximum Gasteiger partial charge on any atom is 0.410 e. The zero-order chi connectivity index (χ0) is 15.1. The summed E-state index contributed by atoms with van der Waals surface area (Å²) in [6.07, 6.45) is 5.95. The van der Waals surface area contributed by atoms with Gasteiger partial charge in [0.2, 0.25) is 5.91 Å². The number of ether oxygens (including phenoxy) is 1. The summed E-state index contributed by atoms with van der Waals surface area (Å²) in [5.41, 5.74) is -0.575. The summed E-state index contributed by atoms with van der Waals surface area (Å²) in [6.45, 7) is 7.51. The Bertz CT molecular complexity index is 353. The van der Waals surface area contributed by atoms with Crippen LogP contribution in [0.3, 0.4) is 0 Å². The molecule has 0 saturated heterocycles. The molecule has 0 heterocycles. The van der Waals surface area contributed by atoms with Gasteiger partial charge in [-0.1, -0.05) is 0 Å². The lowest BCUT2D eigenvalue weighted by molar-refractivity contribution is -0.125. The zero-order valence-electron chi connectivity index (χ0n) is 12.4. The Balaban J connectivity index is 4.24. The standard InChI is InChI=1S/C14H24N2O3/c1-7-8-9-10-15-12(17)11(2)16(6)13(18)19-14(3,4)5/h1,11H,8-10H2,2-6H3,(H,15,17)/t11-/m0/s1. The first-order valence-corrected chi connectivity index (χ1v) is 6.36. The maximum atomic E-state index is 11.8. The van der Waals surface area contributed by atoms with Crippen molar-refractivity contribution in [3.8, 4) is 12.3 Å². The summed E-state index contributed by atoms with van der Waals surface area (Å²) >= 11 is 0. The van der Waals surface area contributed by atoms with Crippen LogP contribution in [0, 0.1) is 12.3 Å². The molecule has 0 saturated carbocycles. The van der Waals surface area contributed by atoms with E-state index in [2.05, 4.69) is 11.2 Å². The fraction of sp³-hybridized carbons (Fsp3) is 0.714. The van der Waals surface area contributed by atoms with Crippen molar-refractivity contribution in [1.29, 1.82) is 0 Å². The third-order valence-electron chi connectivity index (χ3n) is 2.44. The average Bonchev–Trinajstić information content (AvgIpc) is 2.30. The Morgan fingerprint density at radius 2 is 2.00 bits per heavy atom. The predicted octanol–water partition coefficient (Wildman–Crippen LogP) is 1.77. The first kappa shape index (κ1) is 17.3. The predicted molar refractivity (Wildman–Crippen MR) is 74.5 cm³/mol. The smallest absolute Gasteiger partial charge is 0.410 e. The van der Waals surface area contributed by atoms with Crippen LogP contribution in [0.5, 0.6) is 0 Å². The molecule has 0 aromatic carbocycles. The highest BCUT2D eigenvalue weighted by atomic mass is 16.6. The van der Waals surface area contributed by atoms with Gasteiger partial charge in [0.1, 0.15) is 11.6 Å². The summed E-state index contributed by atoms with van der Waals surface area (Å²) < 4.78 is 5.19. The van der Waals surface area contributed by atoms with Gasteiger partial charge < -0.3 is 10.1 Å². The van der Waals surface area contributed by atoms with Crippen molar-refractivity contribution in [2.24, 2.45) is 0 Å². The Morgan fingerprint density at radius 3 is 2.47 bits per heavy atom. The number of nitrogens with zero attached hydrogens (tertiary/aromatic N) is 1. The van der Waals surface area contributed by atoms with Crippen molar-refractivity contribution in [3.05, 3.63) is 0 Å². The number of unbranched alkanes of at least 4 members (excludes halogenated alkanes) is 1. The Kier molecular flexibility index (Phi) is 6.99. The molecule has 0 spiro atoms. The molecule has 5 heteroatoms. The summed E-state index contributed by atoms with van der Waals surface area (Å²) in [5, 5.41) is 2.73. The highest BCUT2D eigenvalue weighted by Crippen LogP contribution is 2.10. The highest BCUT2D eigenvalue weighted by Gasteiger charge is 2.26. The molecule has 19 heavy (non-hydrogen) atoms. The molecule has 0 fully saturated rings. The SMILES string of the molecule is C#CCCCNC(=O)[C@H](C)N(C)C(=O)OC(C)(C)C. The second-order valence-corrected chi connectivity index (χ2v) is 5.37.